The molecule has 4 N–H and O–H groups in total. The molecule has 0 unspecified atom stereocenters. The Hall–Kier alpha value is -1.40. The van der Waals surface area contributed by atoms with Gasteiger partial charge in [-0.25, -0.2) is 8.42 Å². The number of benzene rings is 1. The van der Waals surface area contributed by atoms with Gasteiger partial charge in [0.1, 0.15) is 5.84 Å². The number of nitrogens with one attached hydrogen (secondary N) is 2. The van der Waals surface area contributed by atoms with Crippen molar-refractivity contribution in [1.29, 1.82) is 5.41 Å². The van der Waals surface area contributed by atoms with Gasteiger partial charge in [0.25, 0.3) is 0 Å². The highest BCUT2D eigenvalue weighted by molar-refractivity contribution is 7.89. The first-order chi connectivity index (χ1) is 9.37. The monoisotopic (exact) mass is 295 g/mol. The molecule has 0 heterocycles. The number of sulfonamides is 1. The number of hydrogen-bond donors (Lipinski definition) is 3. The summed E-state index contributed by atoms with van der Waals surface area (Å²) in [6.45, 7) is 1.76. The number of rotatable bonds is 4. The van der Waals surface area contributed by atoms with Crippen LogP contribution in [-0.4, -0.2) is 19.8 Å². The van der Waals surface area contributed by atoms with E-state index in [-0.39, 0.29) is 10.7 Å². The molecule has 0 bridgehead atoms. The molecule has 0 radical (unpaired) electrons. The smallest absolute Gasteiger partial charge is 0.241 e. The maximum Gasteiger partial charge on any atom is 0.241 e. The Morgan fingerprint density at radius 3 is 2.40 bits per heavy atom. The minimum atomic E-state index is -3.66. The molecular weight excluding hydrogens is 274 g/mol. The molecule has 6 heteroatoms. The third-order valence-electron chi connectivity index (χ3n) is 3.94. The van der Waals surface area contributed by atoms with Crippen LogP contribution in [0.4, 0.5) is 0 Å². The van der Waals surface area contributed by atoms with Crippen LogP contribution in [0.1, 0.15) is 37.7 Å². The zero-order valence-electron chi connectivity index (χ0n) is 11.6. The summed E-state index contributed by atoms with van der Waals surface area (Å²) in [5.74, 6) is -0.0886. The summed E-state index contributed by atoms with van der Waals surface area (Å²) in [7, 11) is -3.66. The van der Waals surface area contributed by atoms with E-state index in [9.17, 15) is 8.42 Å². The van der Waals surface area contributed by atoms with Gasteiger partial charge in [-0.15, -0.1) is 0 Å². The van der Waals surface area contributed by atoms with Gasteiger partial charge in [0.2, 0.25) is 10.0 Å². The molecule has 5 nitrogen and oxygen atoms in total. The van der Waals surface area contributed by atoms with Crippen molar-refractivity contribution in [2.75, 3.05) is 0 Å². The van der Waals surface area contributed by atoms with E-state index in [2.05, 4.69) is 4.72 Å². The molecular formula is C14H21N3O2S. The van der Waals surface area contributed by atoms with Crippen molar-refractivity contribution in [2.24, 2.45) is 5.73 Å². The lowest BCUT2D eigenvalue weighted by Crippen LogP contribution is -2.58. The fourth-order valence-electron chi connectivity index (χ4n) is 2.75. The lowest BCUT2D eigenvalue weighted by atomic mass is 9.82. The minimum Gasteiger partial charge on any atom is -0.386 e. The highest BCUT2D eigenvalue weighted by atomic mass is 32.2. The van der Waals surface area contributed by atoms with Crippen molar-refractivity contribution in [3.05, 3.63) is 29.8 Å². The summed E-state index contributed by atoms with van der Waals surface area (Å²) < 4.78 is 27.8. The molecule has 1 aliphatic rings. The van der Waals surface area contributed by atoms with Crippen molar-refractivity contribution in [2.45, 2.75) is 49.5 Å². The largest absolute Gasteiger partial charge is 0.386 e. The van der Waals surface area contributed by atoms with Gasteiger partial charge in [0.15, 0.2) is 0 Å². The molecule has 0 spiro atoms. The summed E-state index contributed by atoms with van der Waals surface area (Å²) in [5.41, 5.74) is 5.45. The van der Waals surface area contributed by atoms with E-state index in [4.69, 9.17) is 11.1 Å². The molecule has 0 aliphatic heterocycles. The van der Waals surface area contributed by atoms with Crippen LogP contribution in [0.25, 0.3) is 0 Å². The van der Waals surface area contributed by atoms with E-state index in [1.807, 2.05) is 0 Å². The molecule has 1 aliphatic carbocycles. The van der Waals surface area contributed by atoms with Gasteiger partial charge >= 0.3 is 0 Å². The molecule has 0 atom stereocenters. The van der Waals surface area contributed by atoms with E-state index in [1.54, 1.807) is 31.2 Å². The van der Waals surface area contributed by atoms with Gasteiger partial charge in [-0.05, 0) is 31.4 Å². The Morgan fingerprint density at radius 1 is 1.25 bits per heavy atom. The number of nitrogens with two attached hydrogens (primary N) is 1. The Bertz CT molecular complexity index is 605. The highest BCUT2D eigenvalue weighted by Crippen LogP contribution is 2.30. The fourth-order valence-corrected chi connectivity index (χ4v) is 4.44. The second kappa shape index (κ2) is 5.54. The Labute approximate surface area is 120 Å². The molecule has 2 rings (SSSR count). The lowest BCUT2D eigenvalue weighted by molar-refractivity contribution is 0.348. The fraction of sp³-hybridized carbons (Fsp3) is 0.500. The molecule has 1 saturated carbocycles. The molecule has 1 fully saturated rings. The first-order valence-corrected chi connectivity index (χ1v) is 8.30. The molecule has 110 valence electrons. The van der Waals surface area contributed by atoms with Crippen molar-refractivity contribution in [1.82, 2.24) is 4.72 Å². The van der Waals surface area contributed by atoms with Crippen LogP contribution in [-0.2, 0) is 10.0 Å². The van der Waals surface area contributed by atoms with Gasteiger partial charge < -0.3 is 5.73 Å². The van der Waals surface area contributed by atoms with Crippen molar-refractivity contribution >= 4 is 15.9 Å². The quantitative estimate of drug-likeness (QED) is 0.585. The first kappa shape index (κ1) is 15.0. The predicted octanol–water partition coefficient (Wildman–Crippen LogP) is 1.91. The first-order valence-electron chi connectivity index (χ1n) is 6.81. The second-order valence-electron chi connectivity index (χ2n) is 5.43. The van der Waals surface area contributed by atoms with Gasteiger partial charge in [-0.3, -0.25) is 5.41 Å². The summed E-state index contributed by atoms with van der Waals surface area (Å²) >= 11 is 0. The molecule has 0 saturated heterocycles. The summed E-state index contributed by atoms with van der Waals surface area (Å²) in [6.07, 6.45) is 4.01. The Morgan fingerprint density at radius 2 is 1.85 bits per heavy atom. The summed E-state index contributed by atoms with van der Waals surface area (Å²) in [4.78, 5) is 0.256. The van der Waals surface area contributed by atoms with Crippen molar-refractivity contribution < 1.29 is 8.42 Å². The predicted molar refractivity (Wildman–Crippen MR) is 79.2 cm³/mol. The van der Waals surface area contributed by atoms with Gasteiger partial charge in [-0.1, -0.05) is 37.5 Å². The average molecular weight is 295 g/mol. The van der Waals surface area contributed by atoms with E-state index in [0.717, 1.165) is 19.3 Å². The standard InChI is InChI=1S/C14H21N3O2S/c1-11-7-3-4-8-12(11)20(18,19)17-14(13(15)16)9-5-2-6-10-14/h3-4,7-8,17H,2,5-6,9-10H2,1H3,(H3,15,16). The zero-order valence-corrected chi connectivity index (χ0v) is 12.5. The molecule has 0 aromatic heterocycles. The average Bonchev–Trinajstić information content (AvgIpc) is 2.39. The van der Waals surface area contributed by atoms with Gasteiger partial charge in [0.05, 0.1) is 10.4 Å². The van der Waals surface area contributed by atoms with Crippen LogP contribution < -0.4 is 10.5 Å². The molecule has 20 heavy (non-hydrogen) atoms. The maximum atomic E-state index is 12.6. The third-order valence-corrected chi connectivity index (χ3v) is 5.63. The second-order valence-corrected chi connectivity index (χ2v) is 7.08. The van der Waals surface area contributed by atoms with Crippen LogP contribution in [0.2, 0.25) is 0 Å². The molecule has 1 aromatic carbocycles. The van der Waals surface area contributed by atoms with Crippen LogP contribution in [0.3, 0.4) is 0 Å². The zero-order chi connectivity index (χ0) is 14.8. The Kier molecular flexibility index (Phi) is 4.15. The third kappa shape index (κ3) is 2.86. The van der Waals surface area contributed by atoms with Gasteiger partial charge in [0, 0.05) is 0 Å². The number of amidine groups is 1. The van der Waals surface area contributed by atoms with Gasteiger partial charge in [-0.2, -0.15) is 4.72 Å². The van der Waals surface area contributed by atoms with Crippen LogP contribution >= 0.6 is 0 Å². The topological polar surface area (TPSA) is 96.0 Å². The number of hydrogen-bond acceptors (Lipinski definition) is 3. The maximum absolute atomic E-state index is 12.6. The van der Waals surface area contributed by atoms with E-state index in [0.29, 0.717) is 18.4 Å². The molecule has 1 aromatic rings. The van der Waals surface area contributed by atoms with Crippen LogP contribution in [0, 0.1) is 12.3 Å². The van der Waals surface area contributed by atoms with E-state index in [1.165, 1.54) is 0 Å². The summed E-state index contributed by atoms with van der Waals surface area (Å²) in [6, 6.07) is 6.84. The van der Waals surface area contributed by atoms with E-state index >= 15 is 0 Å². The normalized spacial score (nSPS) is 18.6. The van der Waals surface area contributed by atoms with Crippen molar-refractivity contribution in [3.8, 4) is 0 Å². The summed E-state index contributed by atoms with van der Waals surface area (Å²) in [5, 5.41) is 7.78. The highest BCUT2D eigenvalue weighted by Gasteiger charge is 2.39. The minimum absolute atomic E-state index is 0.0886. The van der Waals surface area contributed by atoms with Crippen molar-refractivity contribution in [3.63, 3.8) is 0 Å². The SMILES string of the molecule is Cc1ccccc1S(=O)(=O)NC1(C(=N)N)CCCCC1. The number of aryl methyl sites for hydroxylation is 1. The Balaban J connectivity index is 2.35. The molecule has 0 amide bonds. The van der Waals surface area contributed by atoms with Crippen LogP contribution in [0.15, 0.2) is 29.2 Å². The van der Waals surface area contributed by atoms with Crippen LogP contribution in [0.5, 0.6) is 0 Å². The lowest BCUT2D eigenvalue weighted by Gasteiger charge is -2.36. The van der Waals surface area contributed by atoms with E-state index < -0.39 is 15.6 Å².